The highest BCUT2D eigenvalue weighted by Gasteiger charge is 2.05. The summed E-state index contributed by atoms with van der Waals surface area (Å²) < 4.78 is 0. The average Bonchev–Trinajstić information content (AvgIpc) is 2.41. The van der Waals surface area contributed by atoms with Gasteiger partial charge >= 0.3 is 0 Å². The fourth-order valence-electron chi connectivity index (χ4n) is 1.92. The zero-order valence-electron chi connectivity index (χ0n) is 11.0. The Bertz CT molecular complexity index is 581. The summed E-state index contributed by atoms with van der Waals surface area (Å²) in [4.78, 5) is 11.9. The molecule has 3 nitrogen and oxygen atoms in total. The Balaban J connectivity index is 1.94. The molecule has 20 heavy (non-hydrogen) atoms. The first-order valence-electron chi connectivity index (χ1n) is 6.40. The van der Waals surface area contributed by atoms with E-state index in [1.54, 1.807) is 18.2 Å². The Labute approximate surface area is 123 Å². The van der Waals surface area contributed by atoms with E-state index in [0.29, 0.717) is 5.88 Å². The van der Waals surface area contributed by atoms with Crippen LogP contribution in [0.25, 0.3) is 0 Å². The lowest BCUT2D eigenvalue weighted by atomic mass is 10.1. The van der Waals surface area contributed by atoms with Crippen molar-refractivity contribution >= 4 is 23.2 Å². The summed E-state index contributed by atoms with van der Waals surface area (Å²) in [6.45, 7) is 0. The number of phenols is 1. The fourth-order valence-corrected chi connectivity index (χ4v) is 2.14. The Morgan fingerprint density at radius 1 is 1.10 bits per heavy atom. The molecule has 2 rings (SSSR count). The van der Waals surface area contributed by atoms with Gasteiger partial charge in [0.25, 0.3) is 0 Å². The summed E-state index contributed by atoms with van der Waals surface area (Å²) in [5.41, 5.74) is 2.68. The van der Waals surface area contributed by atoms with Crippen molar-refractivity contribution in [3.8, 4) is 5.75 Å². The number of hydrogen-bond donors (Lipinski definition) is 2. The van der Waals surface area contributed by atoms with Gasteiger partial charge in [-0.25, -0.2) is 0 Å². The Morgan fingerprint density at radius 3 is 2.50 bits per heavy atom. The van der Waals surface area contributed by atoms with Gasteiger partial charge in [0.15, 0.2) is 0 Å². The van der Waals surface area contributed by atoms with E-state index < -0.39 is 0 Å². The third-order valence-corrected chi connectivity index (χ3v) is 3.09. The van der Waals surface area contributed by atoms with E-state index in [0.717, 1.165) is 23.2 Å². The van der Waals surface area contributed by atoms with Gasteiger partial charge in [0.2, 0.25) is 5.91 Å². The minimum atomic E-state index is -0.110. The van der Waals surface area contributed by atoms with Gasteiger partial charge in [-0.3, -0.25) is 4.79 Å². The molecule has 0 bridgehead atoms. The van der Waals surface area contributed by atoms with Crippen LogP contribution in [0.15, 0.2) is 48.5 Å². The number of halogens is 1. The zero-order valence-corrected chi connectivity index (χ0v) is 11.7. The van der Waals surface area contributed by atoms with Crippen molar-refractivity contribution in [1.82, 2.24) is 0 Å². The van der Waals surface area contributed by atoms with Gasteiger partial charge in [0, 0.05) is 11.6 Å². The molecule has 0 radical (unpaired) electrons. The minimum absolute atomic E-state index is 0.110. The molecule has 4 heteroatoms. The van der Waals surface area contributed by atoms with Gasteiger partial charge in [-0.2, -0.15) is 0 Å². The SMILES string of the molecule is O=C(Cc1cccc(O)c1)Nc1ccc(CCCl)cc1. The average molecular weight is 290 g/mol. The summed E-state index contributed by atoms with van der Waals surface area (Å²) in [6.07, 6.45) is 1.05. The molecule has 0 atom stereocenters. The molecule has 0 aliphatic heterocycles. The van der Waals surface area contributed by atoms with Crippen LogP contribution in [0, 0.1) is 0 Å². The topological polar surface area (TPSA) is 49.3 Å². The number of anilines is 1. The second kappa shape index (κ2) is 6.96. The molecule has 0 saturated carbocycles. The van der Waals surface area contributed by atoms with Gasteiger partial charge in [-0.1, -0.05) is 24.3 Å². The fraction of sp³-hybridized carbons (Fsp3) is 0.188. The number of aryl methyl sites for hydroxylation is 1. The van der Waals surface area contributed by atoms with Gasteiger partial charge in [0.05, 0.1) is 6.42 Å². The van der Waals surface area contributed by atoms with Crippen LogP contribution in [0.5, 0.6) is 5.75 Å². The summed E-state index contributed by atoms with van der Waals surface area (Å²) >= 11 is 5.67. The Hall–Kier alpha value is -2.00. The maximum atomic E-state index is 11.9. The predicted molar refractivity (Wildman–Crippen MR) is 81.3 cm³/mol. The van der Waals surface area contributed by atoms with Crippen LogP contribution in [0.1, 0.15) is 11.1 Å². The van der Waals surface area contributed by atoms with Crippen LogP contribution in [-0.4, -0.2) is 16.9 Å². The molecular weight excluding hydrogens is 274 g/mol. The first kappa shape index (κ1) is 14.4. The number of rotatable bonds is 5. The van der Waals surface area contributed by atoms with E-state index in [-0.39, 0.29) is 18.1 Å². The molecule has 104 valence electrons. The first-order chi connectivity index (χ1) is 9.67. The molecule has 0 unspecified atom stereocenters. The summed E-state index contributed by atoms with van der Waals surface area (Å²) in [6, 6.07) is 14.3. The minimum Gasteiger partial charge on any atom is -0.508 e. The van der Waals surface area contributed by atoms with Crippen molar-refractivity contribution in [3.05, 3.63) is 59.7 Å². The number of benzene rings is 2. The highest BCUT2D eigenvalue weighted by atomic mass is 35.5. The van der Waals surface area contributed by atoms with Crippen LogP contribution < -0.4 is 5.32 Å². The monoisotopic (exact) mass is 289 g/mol. The second-order valence-electron chi connectivity index (χ2n) is 4.53. The molecule has 0 aromatic heterocycles. The quantitative estimate of drug-likeness (QED) is 0.829. The number of carbonyl (C=O) groups excluding carboxylic acids is 1. The van der Waals surface area contributed by atoms with Crippen molar-refractivity contribution in [2.75, 3.05) is 11.2 Å². The lowest BCUT2D eigenvalue weighted by molar-refractivity contribution is -0.115. The maximum Gasteiger partial charge on any atom is 0.228 e. The van der Waals surface area contributed by atoms with E-state index >= 15 is 0 Å². The maximum absolute atomic E-state index is 11.9. The van der Waals surface area contributed by atoms with Crippen molar-refractivity contribution in [1.29, 1.82) is 0 Å². The van der Waals surface area contributed by atoms with Crippen LogP contribution in [0.4, 0.5) is 5.69 Å². The molecule has 0 saturated heterocycles. The molecule has 0 aliphatic carbocycles. The van der Waals surface area contributed by atoms with E-state index in [2.05, 4.69) is 5.32 Å². The number of alkyl halides is 1. The standard InChI is InChI=1S/C16H16ClNO2/c17-9-8-12-4-6-14(7-5-12)18-16(20)11-13-2-1-3-15(19)10-13/h1-7,10,19H,8-9,11H2,(H,18,20). The number of carbonyl (C=O) groups is 1. The molecule has 1 amide bonds. The molecular formula is C16H16ClNO2. The largest absolute Gasteiger partial charge is 0.508 e. The highest BCUT2D eigenvalue weighted by molar-refractivity contribution is 6.18. The van der Waals surface area contributed by atoms with Gasteiger partial charge < -0.3 is 10.4 Å². The van der Waals surface area contributed by atoms with Crippen LogP contribution in [0.2, 0.25) is 0 Å². The molecule has 2 aromatic rings. The van der Waals surface area contributed by atoms with Gasteiger partial charge in [0.1, 0.15) is 5.75 Å². The normalized spacial score (nSPS) is 10.2. The lowest BCUT2D eigenvalue weighted by Crippen LogP contribution is -2.14. The van der Waals surface area contributed by atoms with Crippen molar-refractivity contribution in [2.45, 2.75) is 12.8 Å². The molecule has 2 N–H and O–H groups in total. The second-order valence-corrected chi connectivity index (χ2v) is 4.91. The van der Waals surface area contributed by atoms with Crippen molar-refractivity contribution in [3.63, 3.8) is 0 Å². The molecule has 0 heterocycles. The van der Waals surface area contributed by atoms with Gasteiger partial charge in [-0.05, 0) is 41.8 Å². The number of nitrogens with one attached hydrogen (secondary N) is 1. The molecule has 0 aliphatic rings. The summed E-state index contributed by atoms with van der Waals surface area (Å²) in [5.74, 6) is 0.643. The highest BCUT2D eigenvalue weighted by Crippen LogP contribution is 2.14. The van der Waals surface area contributed by atoms with E-state index in [4.69, 9.17) is 11.6 Å². The lowest BCUT2D eigenvalue weighted by Gasteiger charge is -2.06. The molecule has 0 spiro atoms. The van der Waals surface area contributed by atoms with Gasteiger partial charge in [-0.15, -0.1) is 11.6 Å². The predicted octanol–water partition coefficient (Wildman–Crippen LogP) is 3.35. The van der Waals surface area contributed by atoms with Crippen LogP contribution >= 0.6 is 11.6 Å². The first-order valence-corrected chi connectivity index (χ1v) is 6.93. The number of amides is 1. The van der Waals surface area contributed by atoms with Crippen LogP contribution in [-0.2, 0) is 17.6 Å². The Kier molecular flexibility index (Phi) is 5.02. The molecule has 2 aromatic carbocycles. The number of phenolic OH excluding ortho intramolecular Hbond substituents is 1. The smallest absolute Gasteiger partial charge is 0.228 e. The summed E-state index contributed by atoms with van der Waals surface area (Å²) in [5, 5.41) is 12.2. The molecule has 0 fully saturated rings. The summed E-state index contributed by atoms with van der Waals surface area (Å²) in [7, 11) is 0. The van der Waals surface area contributed by atoms with E-state index in [9.17, 15) is 9.90 Å². The third kappa shape index (κ3) is 4.28. The van der Waals surface area contributed by atoms with E-state index in [1.807, 2.05) is 30.3 Å². The van der Waals surface area contributed by atoms with Crippen molar-refractivity contribution < 1.29 is 9.90 Å². The van der Waals surface area contributed by atoms with E-state index in [1.165, 1.54) is 0 Å². The zero-order chi connectivity index (χ0) is 14.4. The van der Waals surface area contributed by atoms with Crippen molar-refractivity contribution in [2.24, 2.45) is 0 Å². The third-order valence-electron chi connectivity index (χ3n) is 2.90. The Morgan fingerprint density at radius 2 is 1.85 bits per heavy atom. The van der Waals surface area contributed by atoms with Crippen LogP contribution in [0.3, 0.4) is 0 Å². The number of aromatic hydroxyl groups is 1. The number of hydrogen-bond acceptors (Lipinski definition) is 2.